The van der Waals surface area contributed by atoms with Gasteiger partial charge >= 0.3 is 0 Å². The lowest BCUT2D eigenvalue weighted by Crippen LogP contribution is -2.52. The van der Waals surface area contributed by atoms with Gasteiger partial charge in [-0.3, -0.25) is 4.90 Å². The predicted octanol–water partition coefficient (Wildman–Crippen LogP) is 3.90. The van der Waals surface area contributed by atoms with Crippen molar-refractivity contribution in [3.63, 3.8) is 0 Å². The van der Waals surface area contributed by atoms with Crippen LogP contribution in [0.25, 0.3) is 0 Å². The van der Waals surface area contributed by atoms with Gasteiger partial charge in [-0.1, -0.05) is 40.0 Å². The van der Waals surface area contributed by atoms with Crippen molar-refractivity contribution in [2.24, 2.45) is 29.4 Å². The van der Waals surface area contributed by atoms with Crippen molar-refractivity contribution >= 4 is 0 Å². The summed E-state index contributed by atoms with van der Waals surface area (Å²) < 4.78 is 0. The standard InChI is InChI=1S/C18H36N2/c1-13(2)16-10-9-14(3)11-18(16)20(4)17-8-6-5-7-15(17)12-19/h13-18H,5-12,19H2,1-4H3. The molecule has 0 amide bonds. The zero-order chi connectivity index (χ0) is 14.7. The van der Waals surface area contributed by atoms with E-state index in [0.29, 0.717) is 0 Å². The van der Waals surface area contributed by atoms with E-state index in [0.717, 1.165) is 42.3 Å². The maximum absolute atomic E-state index is 6.06. The minimum Gasteiger partial charge on any atom is -0.330 e. The highest BCUT2D eigenvalue weighted by molar-refractivity contribution is 4.92. The first-order valence-corrected chi connectivity index (χ1v) is 8.96. The Balaban J connectivity index is 2.08. The number of nitrogens with two attached hydrogens (primary N) is 1. The molecule has 0 aromatic rings. The van der Waals surface area contributed by atoms with Gasteiger partial charge in [0.05, 0.1) is 0 Å². The van der Waals surface area contributed by atoms with E-state index in [-0.39, 0.29) is 0 Å². The zero-order valence-electron chi connectivity index (χ0n) is 14.1. The minimum atomic E-state index is 0.735. The van der Waals surface area contributed by atoms with E-state index in [1.807, 2.05) is 0 Å². The van der Waals surface area contributed by atoms with Crippen LogP contribution >= 0.6 is 0 Å². The maximum Gasteiger partial charge on any atom is 0.0136 e. The molecule has 2 aliphatic carbocycles. The highest BCUT2D eigenvalue weighted by atomic mass is 15.2. The van der Waals surface area contributed by atoms with Gasteiger partial charge in [0, 0.05) is 12.1 Å². The summed E-state index contributed by atoms with van der Waals surface area (Å²) in [5.74, 6) is 3.34. The van der Waals surface area contributed by atoms with Crippen LogP contribution in [0.4, 0.5) is 0 Å². The fourth-order valence-electron chi connectivity index (χ4n) is 4.87. The first kappa shape index (κ1) is 16.3. The van der Waals surface area contributed by atoms with Crippen LogP contribution < -0.4 is 5.73 Å². The van der Waals surface area contributed by atoms with E-state index >= 15 is 0 Å². The second-order valence-electron chi connectivity index (χ2n) is 7.91. The van der Waals surface area contributed by atoms with Crippen LogP contribution in [0.2, 0.25) is 0 Å². The van der Waals surface area contributed by atoms with Crippen LogP contribution in [0.1, 0.15) is 65.7 Å². The van der Waals surface area contributed by atoms with E-state index < -0.39 is 0 Å². The molecule has 5 atom stereocenters. The Hall–Kier alpha value is -0.0800. The Morgan fingerprint density at radius 1 is 1.05 bits per heavy atom. The smallest absolute Gasteiger partial charge is 0.0136 e. The number of nitrogens with zero attached hydrogens (tertiary/aromatic N) is 1. The predicted molar refractivity (Wildman–Crippen MR) is 87.7 cm³/mol. The largest absolute Gasteiger partial charge is 0.330 e. The summed E-state index contributed by atoms with van der Waals surface area (Å²) in [6.45, 7) is 8.16. The SMILES string of the molecule is CC1CCC(C(C)C)C(N(C)C2CCCCC2CN)C1. The van der Waals surface area contributed by atoms with Gasteiger partial charge in [-0.15, -0.1) is 0 Å². The Morgan fingerprint density at radius 3 is 2.40 bits per heavy atom. The molecule has 5 unspecified atom stereocenters. The normalized spacial score (nSPS) is 39.5. The van der Waals surface area contributed by atoms with Crippen LogP contribution in [0.3, 0.4) is 0 Å². The minimum absolute atomic E-state index is 0.735. The summed E-state index contributed by atoms with van der Waals surface area (Å²) in [4.78, 5) is 2.76. The van der Waals surface area contributed by atoms with Crippen molar-refractivity contribution in [1.29, 1.82) is 0 Å². The average molecular weight is 280 g/mol. The van der Waals surface area contributed by atoms with Gasteiger partial charge in [0.1, 0.15) is 0 Å². The van der Waals surface area contributed by atoms with Gasteiger partial charge in [0.25, 0.3) is 0 Å². The molecule has 0 heterocycles. The fourth-order valence-corrected chi connectivity index (χ4v) is 4.87. The lowest BCUT2D eigenvalue weighted by Gasteiger charge is -2.48. The van der Waals surface area contributed by atoms with Crippen LogP contribution in [0.15, 0.2) is 0 Å². The molecule has 0 aromatic carbocycles. The Kier molecular flexibility index (Phi) is 5.92. The molecule has 2 heteroatoms. The molecule has 20 heavy (non-hydrogen) atoms. The van der Waals surface area contributed by atoms with Gasteiger partial charge in [0.15, 0.2) is 0 Å². The quantitative estimate of drug-likeness (QED) is 0.846. The van der Waals surface area contributed by atoms with Crippen molar-refractivity contribution in [2.45, 2.75) is 77.8 Å². The average Bonchev–Trinajstić information content (AvgIpc) is 2.46. The molecule has 0 aliphatic heterocycles. The lowest BCUT2D eigenvalue weighted by atomic mass is 9.72. The summed E-state index contributed by atoms with van der Waals surface area (Å²) in [5, 5.41) is 0. The highest BCUT2D eigenvalue weighted by Crippen LogP contribution is 2.39. The number of hydrogen-bond donors (Lipinski definition) is 1. The first-order valence-electron chi connectivity index (χ1n) is 8.96. The van der Waals surface area contributed by atoms with E-state index in [2.05, 4.69) is 32.7 Å². The molecule has 118 valence electrons. The summed E-state index contributed by atoms with van der Waals surface area (Å²) in [7, 11) is 2.40. The highest BCUT2D eigenvalue weighted by Gasteiger charge is 2.38. The van der Waals surface area contributed by atoms with Crippen LogP contribution in [0, 0.1) is 23.7 Å². The molecule has 2 N–H and O–H groups in total. The Labute approximate surface area is 126 Å². The van der Waals surface area contributed by atoms with Gasteiger partial charge in [0.2, 0.25) is 0 Å². The first-order chi connectivity index (χ1) is 9.54. The van der Waals surface area contributed by atoms with Gasteiger partial charge < -0.3 is 5.73 Å². The molecule has 2 aliphatic rings. The Morgan fingerprint density at radius 2 is 1.75 bits per heavy atom. The topological polar surface area (TPSA) is 29.3 Å². The third-order valence-electron chi connectivity index (χ3n) is 6.21. The van der Waals surface area contributed by atoms with Crippen molar-refractivity contribution in [3.8, 4) is 0 Å². The molecule has 2 fully saturated rings. The molecule has 0 saturated heterocycles. The molecular formula is C18H36N2. The van der Waals surface area contributed by atoms with E-state index in [9.17, 15) is 0 Å². The summed E-state index contributed by atoms with van der Waals surface area (Å²) in [6, 6.07) is 1.53. The van der Waals surface area contributed by atoms with Gasteiger partial charge in [-0.25, -0.2) is 0 Å². The molecule has 2 rings (SSSR count). The summed E-state index contributed by atoms with van der Waals surface area (Å²) >= 11 is 0. The van der Waals surface area contributed by atoms with Crippen LogP contribution in [-0.2, 0) is 0 Å². The van der Waals surface area contributed by atoms with Crippen LogP contribution in [0.5, 0.6) is 0 Å². The molecular weight excluding hydrogens is 244 g/mol. The zero-order valence-corrected chi connectivity index (χ0v) is 14.1. The van der Waals surface area contributed by atoms with Crippen molar-refractivity contribution < 1.29 is 0 Å². The monoisotopic (exact) mass is 280 g/mol. The molecule has 0 bridgehead atoms. The van der Waals surface area contributed by atoms with E-state index in [1.165, 1.54) is 44.9 Å². The summed E-state index contributed by atoms with van der Waals surface area (Å²) in [5.41, 5.74) is 6.06. The molecule has 0 radical (unpaired) electrons. The second-order valence-corrected chi connectivity index (χ2v) is 7.91. The van der Waals surface area contributed by atoms with E-state index in [1.54, 1.807) is 0 Å². The number of rotatable bonds is 4. The van der Waals surface area contributed by atoms with E-state index in [4.69, 9.17) is 5.73 Å². The maximum atomic E-state index is 6.06. The third-order valence-corrected chi connectivity index (χ3v) is 6.21. The summed E-state index contributed by atoms with van der Waals surface area (Å²) in [6.07, 6.45) is 9.76. The van der Waals surface area contributed by atoms with Gasteiger partial charge in [-0.05, 0) is 62.9 Å². The second kappa shape index (κ2) is 7.26. The molecule has 0 aromatic heterocycles. The molecule has 0 spiro atoms. The van der Waals surface area contributed by atoms with Crippen molar-refractivity contribution in [2.75, 3.05) is 13.6 Å². The number of hydrogen-bond acceptors (Lipinski definition) is 2. The van der Waals surface area contributed by atoms with Gasteiger partial charge in [-0.2, -0.15) is 0 Å². The van der Waals surface area contributed by atoms with Crippen molar-refractivity contribution in [3.05, 3.63) is 0 Å². The van der Waals surface area contributed by atoms with Crippen molar-refractivity contribution in [1.82, 2.24) is 4.90 Å². The molecule has 2 saturated carbocycles. The lowest BCUT2D eigenvalue weighted by molar-refractivity contribution is 0.0165. The Bertz CT molecular complexity index is 289. The third kappa shape index (κ3) is 3.57. The fraction of sp³-hybridized carbons (Fsp3) is 1.00. The molecule has 2 nitrogen and oxygen atoms in total. The van der Waals surface area contributed by atoms with Crippen LogP contribution in [-0.4, -0.2) is 30.6 Å².